The molecular formula is C26H29N5O3. The van der Waals surface area contributed by atoms with Gasteiger partial charge in [-0.25, -0.2) is 9.67 Å². The van der Waals surface area contributed by atoms with Crippen LogP contribution in [0.1, 0.15) is 24.0 Å². The van der Waals surface area contributed by atoms with Gasteiger partial charge in [0.15, 0.2) is 5.65 Å². The van der Waals surface area contributed by atoms with E-state index in [2.05, 4.69) is 39.2 Å². The van der Waals surface area contributed by atoms with Crippen LogP contribution in [-0.4, -0.2) is 55.1 Å². The molecule has 1 N–H and O–H groups in total. The van der Waals surface area contributed by atoms with Crippen LogP contribution in [0.15, 0.2) is 71.9 Å². The molecule has 0 radical (unpaired) electrons. The van der Waals surface area contributed by atoms with Gasteiger partial charge in [0.25, 0.3) is 5.56 Å². The van der Waals surface area contributed by atoms with Crippen LogP contribution < -0.4 is 5.56 Å². The Bertz CT molecular complexity index is 1310. The fourth-order valence-corrected chi connectivity index (χ4v) is 4.59. The van der Waals surface area contributed by atoms with Gasteiger partial charge in [-0.05, 0) is 36.1 Å². The third-order valence-corrected chi connectivity index (χ3v) is 6.55. The highest BCUT2D eigenvalue weighted by Gasteiger charge is 2.33. The van der Waals surface area contributed by atoms with Crippen LogP contribution in [0.25, 0.3) is 16.7 Å². The summed E-state index contributed by atoms with van der Waals surface area (Å²) in [5.74, 6) is 0. The second kappa shape index (κ2) is 9.50. The zero-order valence-electron chi connectivity index (χ0n) is 19.3. The number of para-hydroxylation sites is 1. The molecule has 1 aliphatic rings. The van der Waals surface area contributed by atoms with Gasteiger partial charge in [0.2, 0.25) is 0 Å². The number of rotatable bonds is 7. The standard InChI is InChI=1S/C26H29N5O3/c1-34-17-21-9-7-20(8-10-21)16-29-13-11-26(33,12-14-29)18-30-19-27-24-23(25(30)32)15-28-31(24)22-5-3-2-4-6-22/h2-10,15,19,33H,11-14,16-18H2,1H3. The van der Waals surface area contributed by atoms with Gasteiger partial charge >= 0.3 is 0 Å². The number of hydrogen-bond donors (Lipinski definition) is 1. The van der Waals surface area contributed by atoms with Crippen molar-refractivity contribution in [2.75, 3.05) is 20.2 Å². The van der Waals surface area contributed by atoms with E-state index in [0.717, 1.165) is 30.9 Å². The number of aliphatic hydroxyl groups is 1. The van der Waals surface area contributed by atoms with E-state index in [1.807, 2.05) is 30.3 Å². The molecule has 2 aromatic carbocycles. The van der Waals surface area contributed by atoms with Crippen molar-refractivity contribution in [3.8, 4) is 5.69 Å². The summed E-state index contributed by atoms with van der Waals surface area (Å²) >= 11 is 0. The van der Waals surface area contributed by atoms with E-state index in [1.54, 1.807) is 18.0 Å². The van der Waals surface area contributed by atoms with Crippen LogP contribution >= 0.6 is 0 Å². The molecule has 0 amide bonds. The number of methoxy groups -OCH3 is 1. The molecule has 1 fully saturated rings. The summed E-state index contributed by atoms with van der Waals surface area (Å²) in [4.78, 5) is 19.9. The summed E-state index contributed by atoms with van der Waals surface area (Å²) in [5, 5.41) is 16.0. The van der Waals surface area contributed by atoms with E-state index < -0.39 is 5.60 Å². The maximum absolute atomic E-state index is 13.1. The molecule has 2 aromatic heterocycles. The summed E-state index contributed by atoms with van der Waals surface area (Å²) in [6.45, 7) is 3.23. The third kappa shape index (κ3) is 4.65. The monoisotopic (exact) mass is 459 g/mol. The molecule has 0 aliphatic carbocycles. The van der Waals surface area contributed by atoms with Crippen LogP contribution in [0.4, 0.5) is 0 Å². The lowest BCUT2D eigenvalue weighted by molar-refractivity contribution is -0.0364. The highest BCUT2D eigenvalue weighted by Crippen LogP contribution is 2.25. The highest BCUT2D eigenvalue weighted by atomic mass is 16.5. The fraction of sp³-hybridized carbons (Fsp3) is 0.346. The molecule has 5 rings (SSSR count). The number of piperidine rings is 1. The zero-order valence-corrected chi connectivity index (χ0v) is 19.3. The van der Waals surface area contributed by atoms with Crippen LogP contribution in [0.3, 0.4) is 0 Å². The summed E-state index contributed by atoms with van der Waals surface area (Å²) in [5.41, 5.74) is 2.65. The van der Waals surface area contributed by atoms with Gasteiger partial charge < -0.3 is 9.84 Å². The van der Waals surface area contributed by atoms with Gasteiger partial charge in [0.05, 0.1) is 30.6 Å². The van der Waals surface area contributed by atoms with Crippen LogP contribution in [-0.2, 0) is 24.4 Å². The third-order valence-electron chi connectivity index (χ3n) is 6.55. The second-order valence-electron chi connectivity index (χ2n) is 9.06. The number of nitrogens with zero attached hydrogens (tertiary/aromatic N) is 5. The molecule has 0 unspecified atom stereocenters. The van der Waals surface area contributed by atoms with Crippen molar-refractivity contribution >= 4 is 11.0 Å². The maximum Gasteiger partial charge on any atom is 0.264 e. The van der Waals surface area contributed by atoms with E-state index in [-0.39, 0.29) is 12.1 Å². The first-order valence-electron chi connectivity index (χ1n) is 11.5. The van der Waals surface area contributed by atoms with E-state index in [0.29, 0.717) is 30.5 Å². The molecule has 8 nitrogen and oxygen atoms in total. The first-order chi connectivity index (χ1) is 16.5. The van der Waals surface area contributed by atoms with Crippen molar-refractivity contribution in [2.45, 2.75) is 38.1 Å². The van der Waals surface area contributed by atoms with Crippen molar-refractivity contribution in [1.82, 2.24) is 24.2 Å². The van der Waals surface area contributed by atoms with Gasteiger partial charge in [0, 0.05) is 26.7 Å². The van der Waals surface area contributed by atoms with Gasteiger partial charge in [-0.2, -0.15) is 5.10 Å². The predicted molar refractivity (Wildman–Crippen MR) is 130 cm³/mol. The second-order valence-corrected chi connectivity index (χ2v) is 9.06. The van der Waals surface area contributed by atoms with Crippen LogP contribution in [0.2, 0.25) is 0 Å². The quantitative estimate of drug-likeness (QED) is 0.458. The minimum absolute atomic E-state index is 0.181. The van der Waals surface area contributed by atoms with Crippen molar-refractivity contribution in [3.63, 3.8) is 0 Å². The SMILES string of the molecule is COCc1ccc(CN2CCC(O)(Cn3cnc4c(cnn4-c4ccccc4)c3=O)CC2)cc1. The van der Waals surface area contributed by atoms with Gasteiger partial charge in [-0.3, -0.25) is 14.3 Å². The van der Waals surface area contributed by atoms with Crippen molar-refractivity contribution in [2.24, 2.45) is 0 Å². The van der Waals surface area contributed by atoms with E-state index >= 15 is 0 Å². The van der Waals surface area contributed by atoms with Crippen LogP contribution in [0, 0.1) is 0 Å². The first kappa shape index (κ1) is 22.5. The average Bonchev–Trinajstić information content (AvgIpc) is 3.29. The summed E-state index contributed by atoms with van der Waals surface area (Å²) < 4.78 is 8.35. The van der Waals surface area contributed by atoms with Gasteiger partial charge in [-0.15, -0.1) is 0 Å². The molecule has 176 valence electrons. The Morgan fingerprint density at radius 2 is 1.74 bits per heavy atom. The Morgan fingerprint density at radius 1 is 1.03 bits per heavy atom. The van der Waals surface area contributed by atoms with Gasteiger partial charge in [0.1, 0.15) is 11.7 Å². The number of aromatic nitrogens is 4. The molecule has 0 bridgehead atoms. The van der Waals surface area contributed by atoms with Crippen molar-refractivity contribution in [1.29, 1.82) is 0 Å². The Balaban J connectivity index is 1.25. The molecule has 1 saturated heterocycles. The average molecular weight is 460 g/mol. The summed E-state index contributed by atoms with van der Waals surface area (Å²) in [6, 6.07) is 18.1. The number of hydrogen-bond acceptors (Lipinski definition) is 6. The molecule has 34 heavy (non-hydrogen) atoms. The molecule has 0 saturated carbocycles. The molecule has 0 atom stereocenters. The first-order valence-corrected chi connectivity index (χ1v) is 11.5. The molecular weight excluding hydrogens is 430 g/mol. The minimum Gasteiger partial charge on any atom is -0.388 e. The normalized spacial score (nSPS) is 16.2. The number of likely N-dealkylation sites (tertiary alicyclic amines) is 1. The lowest BCUT2D eigenvalue weighted by Crippen LogP contribution is -2.47. The topological polar surface area (TPSA) is 85.4 Å². The Kier molecular flexibility index (Phi) is 6.28. The molecule has 0 spiro atoms. The molecule has 1 aliphatic heterocycles. The maximum atomic E-state index is 13.1. The minimum atomic E-state index is -0.937. The predicted octanol–water partition coefficient (Wildman–Crippen LogP) is 2.76. The lowest BCUT2D eigenvalue weighted by atomic mass is 9.91. The Labute approximate surface area is 198 Å². The Morgan fingerprint density at radius 3 is 2.44 bits per heavy atom. The number of benzene rings is 2. The number of fused-ring (bicyclic) bond motifs is 1. The van der Waals surface area contributed by atoms with Crippen LogP contribution in [0.5, 0.6) is 0 Å². The number of ether oxygens (including phenoxy) is 1. The van der Waals surface area contributed by atoms with E-state index in [4.69, 9.17) is 4.74 Å². The Hall–Kier alpha value is -3.33. The molecule has 8 heteroatoms. The largest absolute Gasteiger partial charge is 0.388 e. The van der Waals surface area contributed by atoms with E-state index in [1.165, 1.54) is 16.5 Å². The summed E-state index contributed by atoms with van der Waals surface area (Å²) in [6.07, 6.45) is 4.28. The lowest BCUT2D eigenvalue weighted by Gasteiger charge is -2.38. The van der Waals surface area contributed by atoms with Gasteiger partial charge in [-0.1, -0.05) is 42.5 Å². The summed E-state index contributed by atoms with van der Waals surface area (Å²) in [7, 11) is 1.70. The highest BCUT2D eigenvalue weighted by molar-refractivity contribution is 5.74. The fourth-order valence-electron chi connectivity index (χ4n) is 4.59. The molecule has 3 heterocycles. The zero-order chi connectivity index (χ0) is 23.5. The van der Waals surface area contributed by atoms with E-state index in [9.17, 15) is 9.90 Å². The smallest absolute Gasteiger partial charge is 0.264 e. The molecule has 4 aromatic rings. The van der Waals surface area contributed by atoms with Crippen molar-refractivity contribution in [3.05, 3.63) is 88.6 Å². The van der Waals surface area contributed by atoms with Crippen molar-refractivity contribution < 1.29 is 9.84 Å².